The summed E-state index contributed by atoms with van der Waals surface area (Å²) in [7, 11) is 0. The normalized spacial score (nSPS) is 11.4. The van der Waals surface area contributed by atoms with Gasteiger partial charge < -0.3 is 9.47 Å². The molecular formula is C21H28O4. The number of ether oxygens (including phenoxy) is 2. The van der Waals surface area contributed by atoms with Gasteiger partial charge in [0.25, 0.3) is 0 Å². The molecule has 0 aliphatic heterocycles. The zero-order valence-electron chi connectivity index (χ0n) is 15.6. The number of rotatable bonds is 8. The first-order chi connectivity index (χ1) is 12.0. The molecule has 0 spiro atoms. The lowest BCUT2D eigenvalue weighted by Crippen LogP contribution is -2.17. The molecule has 0 aromatic heterocycles. The van der Waals surface area contributed by atoms with Gasteiger partial charge in [0, 0.05) is 12.8 Å². The molecule has 1 unspecified atom stereocenters. The highest BCUT2D eigenvalue weighted by Crippen LogP contribution is 2.11. The Hall–Kier alpha value is -2.28. The van der Waals surface area contributed by atoms with Gasteiger partial charge in [0.15, 0.2) is 0 Å². The molecule has 0 radical (unpaired) electrons. The molecule has 0 saturated heterocycles. The molecule has 1 aromatic rings. The molecule has 0 saturated carbocycles. The summed E-state index contributed by atoms with van der Waals surface area (Å²) in [6.45, 7) is 8.37. The van der Waals surface area contributed by atoms with Crippen molar-refractivity contribution in [2.75, 3.05) is 6.61 Å². The van der Waals surface area contributed by atoms with Gasteiger partial charge in [-0.3, -0.25) is 0 Å². The van der Waals surface area contributed by atoms with E-state index in [2.05, 4.69) is 18.8 Å². The maximum Gasteiger partial charge on any atom is 0.338 e. The van der Waals surface area contributed by atoms with Crippen LogP contribution < -0.4 is 0 Å². The Morgan fingerprint density at radius 3 is 2.12 bits per heavy atom. The van der Waals surface area contributed by atoms with Crippen molar-refractivity contribution < 1.29 is 19.1 Å². The summed E-state index contributed by atoms with van der Waals surface area (Å²) in [5.74, 6) is 5.61. The predicted octanol–water partition coefficient (Wildman–Crippen LogP) is 4.63. The van der Waals surface area contributed by atoms with E-state index < -0.39 is 5.97 Å². The summed E-state index contributed by atoms with van der Waals surface area (Å²) in [4.78, 5) is 24.1. The molecule has 1 aromatic carbocycles. The van der Waals surface area contributed by atoms with E-state index >= 15 is 0 Å². The summed E-state index contributed by atoms with van der Waals surface area (Å²) >= 11 is 0. The van der Waals surface area contributed by atoms with Crippen LogP contribution in [0.3, 0.4) is 0 Å². The zero-order valence-corrected chi connectivity index (χ0v) is 15.6. The third-order valence-electron chi connectivity index (χ3n) is 3.46. The maximum absolute atomic E-state index is 12.2. The topological polar surface area (TPSA) is 52.6 Å². The average Bonchev–Trinajstić information content (AvgIpc) is 2.62. The van der Waals surface area contributed by atoms with Crippen LogP contribution >= 0.6 is 0 Å². The van der Waals surface area contributed by atoms with Gasteiger partial charge in [0.05, 0.1) is 17.7 Å². The minimum atomic E-state index is -0.397. The van der Waals surface area contributed by atoms with E-state index in [1.54, 1.807) is 24.3 Å². The molecule has 0 amide bonds. The Kier molecular flexibility index (Phi) is 9.39. The molecule has 1 rings (SSSR count). The minimum Gasteiger partial charge on any atom is -0.462 e. The molecular weight excluding hydrogens is 316 g/mol. The van der Waals surface area contributed by atoms with Gasteiger partial charge in [0.2, 0.25) is 0 Å². The van der Waals surface area contributed by atoms with E-state index in [-0.39, 0.29) is 18.0 Å². The molecule has 25 heavy (non-hydrogen) atoms. The van der Waals surface area contributed by atoms with Crippen LogP contribution in [0.1, 0.15) is 74.1 Å². The number of esters is 2. The number of carbonyl (C=O) groups is 2. The van der Waals surface area contributed by atoms with Crippen LogP contribution in [0.25, 0.3) is 0 Å². The van der Waals surface area contributed by atoms with Gasteiger partial charge in [-0.25, -0.2) is 9.59 Å². The summed E-state index contributed by atoms with van der Waals surface area (Å²) < 4.78 is 10.7. The average molecular weight is 344 g/mol. The van der Waals surface area contributed by atoms with E-state index in [9.17, 15) is 9.59 Å². The molecule has 136 valence electrons. The Labute approximate surface area is 150 Å². The van der Waals surface area contributed by atoms with Crippen LogP contribution in [0.15, 0.2) is 24.3 Å². The van der Waals surface area contributed by atoms with E-state index in [1.807, 2.05) is 20.8 Å². The quantitative estimate of drug-likeness (QED) is 0.510. The van der Waals surface area contributed by atoms with Crippen LogP contribution in [0, 0.1) is 17.8 Å². The largest absolute Gasteiger partial charge is 0.462 e. The van der Waals surface area contributed by atoms with Crippen LogP contribution in [0.2, 0.25) is 0 Å². The second-order valence-corrected chi connectivity index (χ2v) is 6.31. The third kappa shape index (κ3) is 7.89. The molecule has 1 atom stereocenters. The van der Waals surface area contributed by atoms with Crippen molar-refractivity contribution in [3.63, 3.8) is 0 Å². The number of carbonyl (C=O) groups excluding carboxylic acids is 2. The van der Waals surface area contributed by atoms with Gasteiger partial charge in [0.1, 0.15) is 6.10 Å². The van der Waals surface area contributed by atoms with Crippen molar-refractivity contribution in [2.45, 2.75) is 59.5 Å². The van der Waals surface area contributed by atoms with Crippen molar-refractivity contribution in [1.82, 2.24) is 0 Å². The fraction of sp³-hybridized carbons (Fsp3) is 0.524. The number of hydrogen-bond donors (Lipinski definition) is 0. The van der Waals surface area contributed by atoms with Gasteiger partial charge >= 0.3 is 11.9 Å². The summed E-state index contributed by atoms with van der Waals surface area (Å²) in [5.41, 5.74) is 0.843. The molecule has 0 bridgehead atoms. The fourth-order valence-corrected chi connectivity index (χ4v) is 1.96. The van der Waals surface area contributed by atoms with Crippen molar-refractivity contribution >= 4 is 11.9 Å². The molecule has 0 fully saturated rings. The Morgan fingerprint density at radius 1 is 1.00 bits per heavy atom. The predicted molar refractivity (Wildman–Crippen MR) is 98.4 cm³/mol. The van der Waals surface area contributed by atoms with Crippen molar-refractivity contribution in [1.29, 1.82) is 0 Å². The third-order valence-corrected chi connectivity index (χ3v) is 3.46. The summed E-state index contributed by atoms with van der Waals surface area (Å²) in [6, 6.07) is 6.34. The molecule has 0 N–H and O–H groups in total. The Balaban J connectivity index is 2.61. The molecule has 4 heteroatoms. The van der Waals surface area contributed by atoms with Gasteiger partial charge in [-0.2, -0.15) is 0 Å². The monoisotopic (exact) mass is 344 g/mol. The van der Waals surface area contributed by atoms with E-state index in [1.165, 1.54) is 0 Å². The SMILES string of the molecule is CCCC#CCC(CC)OC(=O)c1ccc(C(=O)OCC(C)C)cc1. The highest BCUT2D eigenvalue weighted by molar-refractivity contribution is 5.93. The van der Waals surface area contributed by atoms with E-state index in [4.69, 9.17) is 9.47 Å². The standard InChI is InChI=1S/C21H28O4/c1-5-7-8-9-10-19(6-2)25-21(23)18-13-11-17(12-14-18)20(22)24-15-16(3)4/h11-14,16,19H,5-7,10,15H2,1-4H3. The lowest BCUT2D eigenvalue weighted by Gasteiger charge is -2.13. The van der Waals surface area contributed by atoms with Crippen molar-refractivity contribution in [2.24, 2.45) is 5.92 Å². The Bertz CT molecular complexity index is 605. The first kappa shape index (κ1) is 20.8. The highest BCUT2D eigenvalue weighted by Gasteiger charge is 2.15. The van der Waals surface area contributed by atoms with Crippen LogP contribution in [-0.2, 0) is 9.47 Å². The van der Waals surface area contributed by atoms with Gasteiger partial charge in [-0.05, 0) is 43.0 Å². The van der Waals surface area contributed by atoms with Crippen LogP contribution in [-0.4, -0.2) is 24.6 Å². The van der Waals surface area contributed by atoms with E-state index in [0.29, 0.717) is 30.6 Å². The number of benzene rings is 1. The number of hydrogen-bond acceptors (Lipinski definition) is 4. The van der Waals surface area contributed by atoms with Gasteiger partial charge in [-0.1, -0.05) is 33.6 Å². The first-order valence-electron chi connectivity index (χ1n) is 8.91. The highest BCUT2D eigenvalue weighted by atomic mass is 16.5. The van der Waals surface area contributed by atoms with Crippen LogP contribution in [0.4, 0.5) is 0 Å². The Morgan fingerprint density at radius 2 is 1.60 bits per heavy atom. The second-order valence-electron chi connectivity index (χ2n) is 6.31. The minimum absolute atomic E-state index is 0.215. The molecule has 4 nitrogen and oxygen atoms in total. The van der Waals surface area contributed by atoms with E-state index in [0.717, 1.165) is 12.8 Å². The lowest BCUT2D eigenvalue weighted by atomic mass is 10.1. The maximum atomic E-state index is 12.2. The number of unbranched alkanes of at least 4 members (excludes halogenated alkanes) is 1. The molecule has 0 heterocycles. The van der Waals surface area contributed by atoms with Crippen molar-refractivity contribution in [3.8, 4) is 11.8 Å². The molecule has 0 aliphatic carbocycles. The van der Waals surface area contributed by atoms with Crippen molar-refractivity contribution in [3.05, 3.63) is 35.4 Å². The second kappa shape index (κ2) is 11.3. The molecule has 0 aliphatic rings. The zero-order chi connectivity index (χ0) is 18.7. The summed E-state index contributed by atoms with van der Waals surface area (Å²) in [6.07, 6.45) is 2.93. The van der Waals surface area contributed by atoms with Crippen LogP contribution in [0.5, 0.6) is 0 Å². The lowest BCUT2D eigenvalue weighted by molar-refractivity contribution is 0.0303. The smallest absolute Gasteiger partial charge is 0.338 e. The fourth-order valence-electron chi connectivity index (χ4n) is 1.96. The first-order valence-corrected chi connectivity index (χ1v) is 8.91. The summed E-state index contributed by atoms with van der Waals surface area (Å²) in [5, 5.41) is 0. The van der Waals surface area contributed by atoms with Gasteiger partial charge in [-0.15, -0.1) is 5.92 Å².